The van der Waals surface area contributed by atoms with Crippen LogP contribution in [0.1, 0.15) is 17.3 Å². The molecule has 0 fully saturated rings. The van der Waals surface area contributed by atoms with Crippen molar-refractivity contribution in [2.24, 2.45) is 12.9 Å². The molecule has 0 spiro atoms. The monoisotopic (exact) mass is 406 g/mol. The number of hydrogen-bond acceptors (Lipinski definition) is 3. The summed E-state index contributed by atoms with van der Waals surface area (Å²) in [7, 11) is 1.90. The second-order valence-corrected chi connectivity index (χ2v) is 5.76. The Hall–Kier alpha value is -0.440. The van der Waals surface area contributed by atoms with Gasteiger partial charge in [-0.05, 0) is 56.2 Å². The number of nitrogens with one attached hydrogen (secondary N) is 1. The molecule has 0 saturated carbocycles. The molecule has 1 aromatic heterocycles. The highest BCUT2D eigenvalue weighted by molar-refractivity contribution is 14.1. The van der Waals surface area contributed by atoms with Crippen LogP contribution in [-0.2, 0) is 7.05 Å². The van der Waals surface area contributed by atoms with Crippen LogP contribution in [-0.4, -0.2) is 9.78 Å². The molecule has 2 rings (SSSR count). The molecule has 1 unspecified atom stereocenters. The highest BCUT2D eigenvalue weighted by Gasteiger charge is 2.19. The van der Waals surface area contributed by atoms with E-state index in [4.69, 9.17) is 5.84 Å². The average molecular weight is 407 g/mol. The molecular formula is C11H12BrIN4. The molecule has 3 N–H and O–H groups in total. The fraction of sp³-hybridized carbons (Fsp3) is 0.182. The first-order valence-corrected chi connectivity index (χ1v) is 6.89. The molecule has 4 nitrogen and oxygen atoms in total. The van der Waals surface area contributed by atoms with E-state index in [9.17, 15) is 0 Å². The molecule has 0 aliphatic carbocycles. The van der Waals surface area contributed by atoms with Crippen LogP contribution in [0.4, 0.5) is 0 Å². The smallest absolute Gasteiger partial charge is 0.0890 e. The third-order valence-electron chi connectivity index (χ3n) is 2.56. The predicted octanol–water partition coefficient (Wildman–Crippen LogP) is 2.34. The minimum Gasteiger partial charge on any atom is -0.271 e. The summed E-state index contributed by atoms with van der Waals surface area (Å²) in [5.74, 6) is 5.67. The number of halogens is 2. The van der Waals surface area contributed by atoms with Gasteiger partial charge in [-0.15, -0.1) is 0 Å². The van der Waals surface area contributed by atoms with Gasteiger partial charge in [-0.25, -0.2) is 5.43 Å². The highest BCUT2D eigenvalue weighted by Crippen LogP contribution is 2.28. The Bertz CT molecular complexity index is 506. The number of aromatic nitrogens is 2. The molecule has 2 aromatic rings. The number of nitrogens with zero attached hydrogens (tertiary/aromatic N) is 2. The molecule has 0 radical (unpaired) electrons. The van der Waals surface area contributed by atoms with E-state index in [0.29, 0.717) is 0 Å². The summed E-state index contributed by atoms with van der Waals surface area (Å²) >= 11 is 5.78. The van der Waals surface area contributed by atoms with Gasteiger partial charge < -0.3 is 0 Å². The van der Waals surface area contributed by atoms with Crippen molar-refractivity contribution in [3.05, 3.63) is 49.8 Å². The molecule has 0 amide bonds. The second-order valence-electron chi connectivity index (χ2n) is 3.66. The molecule has 90 valence electrons. The van der Waals surface area contributed by atoms with E-state index in [2.05, 4.69) is 61.2 Å². The fourth-order valence-corrected chi connectivity index (χ4v) is 2.91. The van der Waals surface area contributed by atoms with Gasteiger partial charge in [0.25, 0.3) is 0 Å². The van der Waals surface area contributed by atoms with Crippen molar-refractivity contribution < 1.29 is 0 Å². The van der Waals surface area contributed by atoms with Gasteiger partial charge in [0.15, 0.2) is 0 Å². The van der Waals surface area contributed by atoms with Gasteiger partial charge in [-0.3, -0.25) is 10.5 Å². The van der Waals surface area contributed by atoms with E-state index in [0.717, 1.165) is 15.7 Å². The standard InChI is InChI=1S/C11H12BrIN4/c1-17-11(9(12)6-15-17)10(16-14)7-3-2-4-8(13)5-7/h2-6,10,16H,14H2,1H3. The van der Waals surface area contributed by atoms with Crippen molar-refractivity contribution in [3.8, 4) is 0 Å². The Morgan fingerprint density at radius 3 is 2.82 bits per heavy atom. The van der Waals surface area contributed by atoms with E-state index >= 15 is 0 Å². The van der Waals surface area contributed by atoms with Crippen LogP contribution >= 0.6 is 38.5 Å². The summed E-state index contributed by atoms with van der Waals surface area (Å²) in [4.78, 5) is 0. The van der Waals surface area contributed by atoms with Crippen LogP contribution in [0.25, 0.3) is 0 Å². The van der Waals surface area contributed by atoms with Crippen molar-refractivity contribution >= 4 is 38.5 Å². The molecule has 0 aliphatic rings. The summed E-state index contributed by atoms with van der Waals surface area (Å²) in [5, 5.41) is 4.21. The van der Waals surface area contributed by atoms with Crippen LogP contribution in [0, 0.1) is 3.57 Å². The lowest BCUT2D eigenvalue weighted by atomic mass is 10.0. The fourth-order valence-electron chi connectivity index (χ4n) is 1.76. The van der Waals surface area contributed by atoms with Crippen LogP contribution in [0.15, 0.2) is 34.9 Å². The first kappa shape index (κ1) is 13.0. The maximum absolute atomic E-state index is 5.67. The number of benzene rings is 1. The Morgan fingerprint density at radius 2 is 2.29 bits per heavy atom. The van der Waals surface area contributed by atoms with Crippen LogP contribution in [0.3, 0.4) is 0 Å². The van der Waals surface area contributed by atoms with Crippen LogP contribution in [0.5, 0.6) is 0 Å². The number of nitrogens with two attached hydrogens (primary N) is 1. The van der Waals surface area contributed by atoms with Gasteiger partial charge in [0, 0.05) is 10.6 Å². The Balaban J connectivity index is 2.47. The number of hydrazine groups is 1. The quantitative estimate of drug-likeness (QED) is 0.467. The van der Waals surface area contributed by atoms with E-state index in [1.807, 2.05) is 23.9 Å². The topological polar surface area (TPSA) is 55.9 Å². The largest absolute Gasteiger partial charge is 0.271 e. The average Bonchev–Trinajstić information content (AvgIpc) is 2.62. The first-order chi connectivity index (χ1) is 8.13. The zero-order chi connectivity index (χ0) is 12.4. The van der Waals surface area contributed by atoms with Crippen molar-refractivity contribution in [1.29, 1.82) is 0 Å². The molecule has 1 heterocycles. The molecule has 17 heavy (non-hydrogen) atoms. The lowest BCUT2D eigenvalue weighted by Crippen LogP contribution is -2.30. The molecule has 1 atom stereocenters. The zero-order valence-corrected chi connectivity index (χ0v) is 12.9. The highest BCUT2D eigenvalue weighted by atomic mass is 127. The van der Waals surface area contributed by atoms with Gasteiger partial charge in [-0.2, -0.15) is 5.10 Å². The van der Waals surface area contributed by atoms with E-state index in [-0.39, 0.29) is 6.04 Å². The third-order valence-corrected chi connectivity index (χ3v) is 3.84. The maximum Gasteiger partial charge on any atom is 0.0890 e. The summed E-state index contributed by atoms with van der Waals surface area (Å²) in [5.41, 5.74) is 4.96. The van der Waals surface area contributed by atoms with Crippen molar-refractivity contribution in [2.45, 2.75) is 6.04 Å². The predicted molar refractivity (Wildman–Crippen MR) is 79.2 cm³/mol. The second kappa shape index (κ2) is 5.47. The van der Waals surface area contributed by atoms with Gasteiger partial charge >= 0.3 is 0 Å². The van der Waals surface area contributed by atoms with E-state index in [1.54, 1.807) is 6.20 Å². The summed E-state index contributed by atoms with van der Waals surface area (Å²) in [6.07, 6.45) is 1.77. The lowest BCUT2D eigenvalue weighted by Gasteiger charge is -2.17. The third kappa shape index (κ3) is 2.70. The number of aryl methyl sites for hydroxylation is 1. The molecule has 0 bridgehead atoms. The molecule has 0 saturated heterocycles. The normalized spacial score (nSPS) is 12.7. The molecule has 0 aliphatic heterocycles. The first-order valence-electron chi connectivity index (χ1n) is 5.02. The SMILES string of the molecule is Cn1ncc(Br)c1C(NN)c1cccc(I)c1. The van der Waals surface area contributed by atoms with Gasteiger partial charge in [0.1, 0.15) is 0 Å². The number of hydrogen-bond donors (Lipinski definition) is 2. The summed E-state index contributed by atoms with van der Waals surface area (Å²) < 4.78 is 3.94. The van der Waals surface area contributed by atoms with Gasteiger partial charge in [0.2, 0.25) is 0 Å². The summed E-state index contributed by atoms with van der Waals surface area (Å²) in [6.45, 7) is 0. The Kier molecular flexibility index (Phi) is 4.18. The Labute approximate surface area is 122 Å². The van der Waals surface area contributed by atoms with Crippen molar-refractivity contribution in [1.82, 2.24) is 15.2 Å². The van der Waals surface area contributed by atoms with Crippen molar-refractivity contribution in [2.75, 3.05) is 0 Å². The summed E-state index contributed by atoms with van der Waals surface area (Å²) in [6, 6.07) is 8.14. The van der Waals surface area contributed by atoms with E-state index < -0.39 is 0 Å². The molecule has 1 aromatic carbocycles. The molecular weight excluding hydrogens is 395 g/mol. The van der Waals surface area contributed by atoms with Crippen LogP contribution in [0.2, 0.25) is 0 Å². The number of rotatable bonds is 3. The molecule has 6 heteroatoms. The lowest BCUT2D eigenvalue weighted by molar-refractivity contribution is 0.573. The minimum absolute atomic E-state index is 0.0772. The Morgan fingerprint density at radius 1 is 1.53 bits per heavy atom. The van der Waals surface area contributed by atoms with Crippen molar-refractivity contribution in [3.63, 3.8) is 0 Å². The van der Waals surface area contributed by atoms with E-state index in [1.165, 1.54) is 3.57 Å². The zero-order valence-electron chi connectivity index (χ0n) is 9.19. The van der Waals surface area contributed by atoms with Gasteiger partial charge in [-0.1, -0.05) is 12.1 Å². The minimum atomic E-state index is -0.0772. The maximum atomic E-state index is 5.67. The van der Waals surface area contributed by atoms with Crippen LogP contribution < -0.4 is 11.3 Å². The van der Waals surface area contributed by atoms with Gasteiger partial charge in [0.05, 0.1) is 22.4 Å².